The number of para-hydroxylation sites is 2. The third-order valence-electron chi connectivity index (χ3n) is 4.62. The zero-order chi connectivity index (χ0) is 19.7. The normalized spacial score (nSPS) is 12.4. The van der Waals surface area contributed by atoms with Crippen molar-refractivity contribution in [2.45, 2.75) is 30.7 Å². The molecule has 7 heteroatoms. The van der Waals surface area contributed by atoms with Gasteiger partial charge in [-0.15, -0.1) is 10.2 Å². The summed E-state index contributed by atoms with van der Waals surface area (Å²) in [5, 5.41) is 12.6. The van der Waals surface area contributed by atoms with E-state index in [1.807, 2.05) is 42.5 Å². The highest BCUT2D eigenvalue weighted by Crippen LogP contribution is 2.29. The number of aromatic nitrogens is 3. The van der Waals surface area contributed by atoms with Gasteiger partial charge in [0.15, 0.2) is 10.8 Å². The second kappa shape index (κ2) is 7.59. The molecule has 4 rings (SSSR count). The number of carbonyl (C=O) groups is 1. The van der Waals surface area contributed by atoms with Gasteiger partial charge in [-0.3, -0.25) is 9.20 Å². The molecule has 4 aromatic rings. The molecule has 0 saturated heterocycles. The van der Waals surface area contributed by atoms with Crippen LogP contribution in [-0.4, -0.2) is 25.8 Å². The highest BCUT2D eigenvalue weighted by atomic mass is 32.2. The van der Waals surface area contributed by atoms with E-state index in [9.17, 15) is 9.18 Å². The fourth-order valence-electron chi connectivity index (χ4n) is 3.18. The smallest absolute Gasteiger partial charge is 0.238 e. The van der Waals surface area contributed by atoms with Crippen LogP contribution in [0.4, 0.5) is 10.1 Å². The summed E-state index contributed by atoms with van der Waals surface area (Å²) in [6.45, 7) is 3.96. The molecule has 0 aliphatic carbocycles. The van der Waals surface area contributed by atoms with Crippen LogP contribution < -0.4 is 5.32 Å². The van der Waals surface area contributed by atoms with E-state index in [2.05, 4.69) is 21.6 Å². The topological polar surface area (TPSA) is 59.3 Å². The summed E-state index contributed by atoms with van der Waals surface area (Å²) >= 11 is 1.33. The summed E-state index contributed by atoms with van der Waals surface area (Å²) in [5.41, 5.74) is 3.03. The quantitative estimate of drug-likeness (QED) is 0.492. The predicted molar refractivity (Wildman–Crippen MR) is 110 cm³/mol. The van der Waals surface area contributed by atoms with Crippen molar-refractivity contribution in [3.63, 3.8) is 0 Å². The lowest BCUT2D eigenvalue weighted by atomic mass is 10.1. The minimum absolute atomic E-state index is 0.179. The maximum absolute atomic E-state index is 13.9. The Hall–Kier alpha value is -2.93. The van der Waals surface area contributed by atoms with Gasteiger partial charge in [0.2, 0.25) is 5.91 Å². The third kappa shape index (κ3) is 3.33. The van der Waals surface area contributed by atoms with Crippen molar-refractivity contribution in [1.29, 1.82) is 0 Å². The van der Waals surface area contributed by atoms with E-state index in [1.165, 1.54) is 17.8 Å². The molecule has 1 amide bonds. The van der Waals surface area contributed by atoms with Crippen LogP contribution in [0.3, 0.4) is 0 Å². The van der Waals surface area contributed by atoms with E-state index >= 15 is 0 Å². The zero-order valence-electron chi connectivity index (χ0n) is 15.5. The molecule has 0 aliphatic heterocycles. The van der Waals surface area contributed by atoms with Crippen molar-refractivity contribution in [3.05, 3.63) is 66.0 Å². The van der Waals surface area contributed by atoms with Crippen LogP contribution in [0.25, 0.3) is 16.6 Å². The average molecular weight is 394 g/mol. The zero-order valence-corrected chi connectivity index (χ0v) is 16.3. The number of pyridine rings is 1. The van der Waals surface area contributed by atoms with E-state index in [4.69, 9.17) is 0 Å². The lowest BCUT2D eigenvalue weighted by molar-refractivity contribution is -0.115. The first-order valence-electron chi connectivity index (χ1n) is 9.04. The third-order valence-corrected chi connectivity index (χ3v) is 5.92. The molecule has 0 spiro atoms. The SMILES string of the molecule is CCC(Sc1nnc2cc(C)c3ccccc3n12)C(=O)Nc1ccccc1F. The van der Waals surface area contributed by atoms with Gasteiger partial charge in [-0.2, -0.15) is 0 Å². The molecule has 5 nitrogen and oxygen atoms in total. The molecule has 0 fully saturated rings. The number of rotatable bonds is 5. The van der Waals surface area contributed by atoms with Gasteiger partial charge >= 0.3 is 0 Å². The van der Waals surface area contributed by atoms with Gasteiger partial charge in [0.25, 0.3) is 0 Å². The van der Waals surface area contributed by atoms with Crippen LogP contribution in [0.2, 0.25) is 0 Å². The van der Waals surface area contributed by atoms with E-state index < -0.39 is 11.1 Å². The van der Waals surface area contributed by atoms with Crippen molar-refractivity contribution >= 4 is 39.9 Å². The molecule has 2 aromatic heterocycles. The number of fused-ring (bicyclic) bond motifs is 3. The van der Waals surface area contributed by atoms with Gasteiger partial charge < -0.3 is 5.32 Å². The van der Waals surface area contributed by atoms with Crippen molar-refractivity contribution in [3.8, 4) is 0 Å². The maximum atomic E-state index is 13.9. The average Bonchev–Trinajstić information content (AvgIpc) is 3.10. The van der Waals surface area contributed by atoms with Gasteiger partial charge in [0.1, 0.15) is 5.82 Å². The van der Waals surface area contributed by atoms with Crippen LogP contribution in [-0.2, 0) is 4.79 Å². The van der Waals surface area contributed by atoms with Crippen molar-refractivity contribution in [1.82, 2.24) is 14.6 Å². The Morgan fingerprint density at radius 3 is 2.71 bits per heavy atom. The Labute approximate surface area is 166 Å². The first-order valence-corrected chi connectivity index (χ1v) is 9.92. The second-order valence-electron chi connectivity index (χ2n) is 6.50. The molecule has 1 N–H and O–H groups in total. The lowest BCUT2D eigenvalue weighted by Gasteiger charge is -2.14. The number of carbonyl (C=O) groups excluding carboxylic acids is 1. The van der Waals surface area contributed by atoms with Crippen LogP contribution in [0.5, 0.6) is 0 Å². The van der Waals surface area contributed by atoms with Crippen LogP contribution in [0, 0.1) is 12.7 Å². The molecule has 2 heterocycles. The summed E-state index contributed by atoms with van der Waals surface area (Å²) in [4.78, 5) is 12.7. The minimum atomic E-state index is -0.454. The minimum Gasteiger partial charge on any atom is -0.323 e. The molecule has 1 atom stereocenters. The number of nitrogens with one attached hydrogen (secondary N) is 1. The number of thioether (sulfide) groups is 1. The number of amides is 1. The Bertz CT molecular complexity index is 1170. The molecule has 28 heavy (non-hydrogen) atoms. The number of halogens is 1. The van der Waals surface area contributed by atoms with Crippen LogP contribution in [0.1, 0.15) is 18.9 Å². The van der Waals surface area contributed by atoms with Gasteiger partial charge in [-0.25, -0.2) is 4.39 Å². The molecule has 1 unspecified atom stereocenters. The highest BCUT2D eigenvalue weighted by Gasteiger charge is 2.22. The molecule has 0 bridgehead atoms. The molecule has 2 aromatic carbocycles. The predicted octanol–water partition coefficient (Wildman–Crippen LogP) is 4.84. The number of hydrogen-bond donors (Lipinski definition) is 1. The second-order valence-corrected chi connectivity index (χ2v) is 7.67. The molecule has 142 valence electrons. The molecule has 0 saturated carbocycles. The van der Waals surface area contributed by atoms with Crippen molar-refractivity contribution < 1.29 is 9.18 Å². The van der Waals surface area contributed by atoms with Gasteiger partial charge in [-0.05, 0) is 43.2 Å². The molecule has 0 aliphatic rings. The summed E-state index contributed by atoms with van der Waals surface area (Å²) in [6.07, 6.45) is 0.573. The molecular formula is C21H19FN4OS. The van der Waals surface area contributed by atoms with Crippen molar-refractivity contribution in [2.75, 3.05) is 5.32 Å². The number of hydrogen-bond acceptors (Lipinski definition) is 4. The fourth-order valence-corrected chi connectivity index (χ4v) is 4.15. The van der Waals surface area contributed by atoms with Gasteiger partial charge in [-0.1, -0.05) is 49.0 Å². The van der Waals surface area contributed by atoms with E-state index in [0.717, 1.165) is 22.1 Å². The lowest BCUT2D eigenvalue weighted by Crippen LogP contribution is -2.25. The Morgan fingerprint density at radius 1 is 1.18 bits per heavy atom. The number of nitrogens with zero attached hydrogens (tertiary/aromatic N) is 3. The molecule has 0 radical (unpaired) electrons. The number of benzene rings is 2. The van der Waals surface area contributed by atoms with Gasteiger partial charge in [0.05, 0.1) is 16.5 Å². The van der Waals surface area contributed by atoms with Crippen LogP contribution in [0.15, 0.2) is 59.8 Å². The molecular weight excluding hydrogens is 375 g/mol. The van der Waals surface area contributed by atoms with Gasteiger partial charge in [0, 0.05) is 5.39 Å². The Kier molecular flexibility index (Phi) is 5.00. The van der Waals surface area contributed by atoms with E-state index in [1.54, 1.807) is 18.2 Å². The highest BCUT2D eigenvalue weighted by molar-refractivity contribution is 8.00. The van der Waals surface area contributed by atoms with Crippen LogP contribution >= 0.6 is 11.8 Å². The van der Waals surface area contributed by atoms with E-state index in [-0.39, 0.29) is 11.6 Å². The van der Waals surface area contributed by atoms with Crippen molar-refractivity contribution in [2.24, 2.45) is 0 Å². The Balaban J connectivity index is 1.67. The largest absolute Gasteiger partial charge is 0.323 e. The fraction of sp³-hybridized carbons (Fsp3) is 0.190. The first-order chi connectivity index (χ1) is 13.6. The summed E-state index contributed by atoms with van der Waals surface area (Å²) < 4.78 is 15.8. The number of anilines is 1. The summed E-state index contributed by atoms with van der Waals surface area (Å²) in [7, 11) is 0. The summed E-state index contributed by atoms with van der Waals surface area (Å²) in [6, 6.07) is 16.2. The standard InChI is InChI=1S/C21H19FN4OS/c1-3-18(20(27)23-16-10-6-5-9-15(16)22)28-21-25-24-19-12-13(2)14-8-4-7-11-17(14)26(19)21/h4-12,18H,3H2,1-2H3,(H,23,27). The monoisotopic (exact) mass is 394 g/mol. The first kappa shape index (κ1) is 18.4. The summed E-state index contributed by atoms with van der Waals surface area (Å²) in [5.74, 6) is -0.712. The van der Waals surface area contributed by atoms with E-state index in [0.29, 0.717) is 11.6 Å². The number of aryl methyl sites for hydroxylation is 1. The Morgan fingerprint density at radius 2 is 1.93 bits per heavy atom. The maximum Gasteiger partial charge on any atom is 0.238 e.